The van der Waals surface area contributed by atoms with E-state index in [1.54, 1.807) is 145 Å². The van der Waals surface area contributed by atoms with Gasteiger partial charge in [0.2, 0.25) is 6.43 Å². The summed E-state index contributed by atoms with van der Waals surface area (Å²) in [5, 5.41) is 0. The Kier molecular flexibility index (Phi) is 70.9. The molecule has 0 atom stereocenters. The Hall–Kier alpha value is -10.3. The Morgan fingerprint density at radius 3 is 0.460 bits per heavy atom. The van der Waals surface area contributed by atoms with Gasteiger partial charge in [0, 0.05) is 13.8 Å². The summed E-state index contributed by atoms with van der Waals surface area (Å²) >= 11 is 0. The molecule has 0 aromatic rings. The SMILES string of the molecule is CCC(C)(C)C(=O)OCCOC(=O)C(C)(F)F.CCC(C)(C)C(=O)OCCOC(=O)C(C)(F)F.CCC(C)(C)C(=O)OCCOC(=O)C(F)(F)CC(C)(F)F.CCC(C)(C)C(=O)OCCOC(=O)C(F)(F)CC(C)(F)F.CCC(C)(C)C(=O)OCCOC(=O)C(F)(F)CC(F)(F)F.CCC(C)(C)C(=O)OCCOC(=O)C(F)(F)CC(F)F.CCC(C)(C)C(=O)OCCOC(=O)C(F)(F)F.CCC(C)(C)C(=O)OCCOC(=O)C(F)F. The molecule has 0 heterocycles. The van der Waals surface area contributed by atoms with Gasteiger partial charge >= 0.3 is 150 Å². The van der Waals surface area contributed by atoms with Gasteiger partial charge in [-0.05, 0) is 176 Å². The zero-order chi connectivity index (χ0) is 121. The van der Waals surface area contributed by atoms with E-state index < -0.39 is 297 Å². The molecule has 0 fully saturated rings. The zero-order valence-electron chi connectivity index (χ0n) is 88.8. The lowest BCUT2D eigenvalue weighted by molar-refractivity contribution is -0.209. The summed E-state index contributed by atoms with van der Waals surface area (Å²) in [4.78, 5) is 177. The van der Waals surface area contributed by atoms with Gasteiger partial charge in [-0.3, -0.25) is 38.4 Å². The average Bonchev–Trinajstić information content (AvgIpc) is 0.862. The zero-order valence-corrected chi connectivity index (χ0v) is 88.8. The molecule has 0 amide bonds. The van der Waals surface area contributed by atoms with E-state index in [1.807, 2.05) is 20.8 Å². The Morgan fingerprint density at radius 1 is 0.187 bits per heavy atom. The summed E-state index contributed by atoms with van der Waals surface area (Å²) < 4.78 is 391. The molecule has 0 N–H and O–H groups in total. The first kappa shape index (κ1) is 155. The number of carbonyl (C=O) groups is 16. The molecule has 32 nitrogen and oxygen atoms in total. The quantitative estimate of drug-likeness (QED) is 0.0236. The molecule has 0 spiro atoms. The van der Waals surface area contributed by atoms with Gasteiger partial charge in [-0.15, -0.1) is 0 Å². The van der Waals surface area contributed by atoms with Crippen molar-refractivity contribution in [1.82, 2.24) is 0 Å². The Bertz CT molecular complexity index is 3780. The molecular weight excluding hydrogens is 2110 g/mol. The first-order chi connectivity index (χ1) is 67.1. The molecule has 0 aliphatic carbocycles. The first-order valence-corrected chi connectivity index (χ1v) is 45.6. The van der Waals surface area contributed by atoms with Crippen LogP contribution in [0.3, 0.4) is 0 Å². The molecule has 0 saturated carbocycles. The van der Waals surface area contributed by atoms with Crippen LogP contribution in [0.2, 0.25) is 0 Å². The smallest absolute Gasteiger partial charge is 0.462 e. The predicted molar refractivity (Wildman–Crippen MR) is 473 cm³/mol. The van der Waals surface area contributed by atoms with Gasteiger partial charge in [-0.1, -0.05) is 55.4 Å². The molecule has 58 heteroatoms. The van der Waals surface area contributed by atoms with Crippen molar-refractivity contribution in [3.8, 4) is 0 Å². The van der Waals surface area contributed by atoms with Crippen molar-refractivity contribution in [3.05, 3.63) is 0 Å². The van der Waals surface area contributed by atoms with Crippen LogP contribution in [-0.4, -0.2) is 274 Å². The predicted octanol–water partition coefficient (Wildman–Crippen LogP) is 20.4. The van der Waals surface area contributed by atoms with Crippen molar-refractivity contribution >= 4 is 95.5 Å². The Labute approximate surface area is 852 Å². The maximum atomic E-state index is 13.1. The normalized spacial score (nSPS) is 12.4. The summed E-state index contributed by atoms with van der Waals surface area (Å²) in [5.74, 6) is -51.7. The molecule has 0 unspecified atom stereocenters. The lowest BCUT2D eigenvalue weighted by Crippen LogP contribution is -2.37. The summed E-state index contributed by atoms with van der Waals surface area (Å²) in [6.45, 7) is 35.3. The third kappa shape index (κ3) is 73.8. The summed E-state index contributed by atoms with van der Waals surface area (Å²) in [6, 6.07) is 0. The number of esters is 16. The monoisotopic (exact) mass is 2250 g/mol. The van der Waals surface area contributed by atoms with E-state index in [4.69, 9.17) is 28.4 Å². The molecule has 0 rings (SSSR count). The number of ether oxygens (including phenoxy) is 16. The molecule has 0 saturated heterocycles. The van der Waals surface area contributed by atoms with Gasteiger partial charge in [0.05, 0.1) is 62.6 Å². The Morgan fingerprint density at radius 2 is 0.327 bits per heavy atom. The van der Waals surface area contributed by atoms with E-state index in [9.17, 15) is 191 Å². The van der Waals surface area contributed by atoms with Gasteiger partial charge in [0.1, 0.15) is 112 Å². The van der Waals surface area contributed by atoms with Crippen molar-refractivity contribution < 1.29 is 267 Å². The maximum Gasteiger partial charge on any atom is 0.490 e. The van der Waals surface area contributed by atoms with E-state index in [1.165, 1.54) is 0 Å². The fourth-order valence-corrected chi connectivity index (χ4v) is 7.22. The molecule has 0 aliphatic heterocycles. The van der Waals surface area contributed by atoms with Gasteiger partial charge in [0.15, 0.2) is 0 Å². The number of alkyl halides is 26. The summed E-state index contributed by atoms with van der Waals surface area (Å²) in [5.41, 5.74) is -5.57. The number of rotatable bonds is 54. The van der Waals surface area contributed by atoms with E-state index >= 15 is 0 Å². The highest BCUT2D eigenvalue weighted by Gasteiger charge is 2.53. The average molecular weight is 2250 g/mol. The number of hydrogen-bond acceptors (Lipinski definition) is 32. The van der Waals surface area contributed by atoms with Gasteiger partial charge < -0.3 is 75.8 Å². The molecular formula is C92H142F26O32. The second-order valence-electron chi connectivity index (χ2n) is 37.4. The molecule has 0 aliphatic rings. The lowest BCUT2D eigenvalue weighted by atomic mass is 9.91. The highest BCUT2D eigenvalue weighted by atomic mass is 19.4. The van der Waals surface area contributed by atoms with Crippen LogP contribution in [0.4, 0.5) is 114 Å². The molecule has 0 aromatic carbocycles. The van der Waals surface area contributed by atoms with Crippen molar-refractivity contribution in [2.75, 3.05) is 106 Å². The minimum atomic E-state index is -5.19. The molecule has 0 radical (unpaired) electrons. The largest absolute Gasteiger partial charge is 0.490 e. The van der Waals surface area contributed by atoms with Crippen LogP contribution >= 0.6 is 0 Å². The van der Waals surface area contributed by atoms with Gasteiger partial charge in [0.25, 0.3) is 11.8 Å². The van der Waals surface area contributed by atoms with Crippen molar-refractivity contribution in [1.29, 1.82) is 0 Å². The van der Waals surface area contributed by atoms with Crippen LogP contribution in [0.15, 0.2) is 0 Å². The Balaban J connectivity index is -0.000000257. The van der Waals surface area contributed by atoms with Crippen LogP contribution in [0.1, 0.15) is 271 Å². The molecule has 0 aromatic heterocycles. The van der Waals surface area contributed by atoms with E-state index in [0.717, 1.165) is 0 Å². The second-order valence-corrected chi connectivity index (χ2v) is 37.4. The third-order valence-corrected chi connectivity index (χ3v) is 20.1. The van der Waals surface area contributed by atoms with Gasteiger partial charge in [-0.25, -0.2) is 64.7 Å². The maximum absolute atomic E-state index is 13.1. The highest BCUT2D eigenvalue weighted by molar-refractivity contribution is 5.83. The minimum absolute atomic E-state index is 0.208. The number of carbonyl (C=O) groups excluding carboxylic acids is 16. The van der Waals surface area contributed by atoms with Crippen LogP contribution in [0.25, 0.3) is 0 Å². The van der Waals surface area contributed by atoms with Crippen molar-refractivity contribution in [2.45, 2.75) is 343 Å². The highest BCUT2D eigenvalue weighted by Crippen LogP contribution is 2.37. The third-order valence-electron chi connectivity index (χ3n) is 20.1. The minimum Gasteiger partial charge on any atom is -0.462 e. The fourth-order valence-electron chi connectivity index (χ4n) is 7.22. The summed E-state index contributed by atoms with van der Waals surface area (Å²) in [6.07, 6.45) is -20.7. The van der Waals surface area contributed by atoms with Crippen molar-refractivity contribution in [2.24, 2.45) is 43.3 Å². The van der Waals surface area contributed by atoms with Crippen LogP contribution in [0, 0.1) is 43.3 Å². The second kappa shape index (κ2) is 68.7. The topological polar surface area (TPSA) is 421 Å². The first-order valence-electron chi connectivity index (χ1n) is 45.6. The van der Waals surface area contributed by atoms with Crippen LogP contribution in [-0.2, 0) is 153 Å². The standard InChI is InChI=1S/2C13H20F4O4.C12H17F5O4.C12H18F4O4.2C11H18F2O4.C10H15F3O4.C10H16F2O4/c2*1-5-11(2,3)9(18)20-6-7-21-10(19)13(16,17)8-12(4,14)15;1-4-10(2,3)8(18)20-5-6-21-9(19)11(13,14)7-12(15,16)17;1-4-11(2,3)9(17)19-5-6-20-10(18)12(15,16)7-8(13)14;2*1-5-10(2,3)8(14)16-6-7-17-9(15)11(4,12)13;1-4-9(2,3)7(14)16-5-6-17-8(15)10(11,12)13;1-4-10(2,3)9(14)16-6-5-15-8(13)7(11)12/h2*5-8H2,1-4H3;4-7H2,1-3H3;8H,4-7H2,1-3H3;2*5-7H2,1-4H3;4-6H2,1-3H3;7H,4-6H2,1-3H3. The summed E-state index contributed by atoms with van der Waals surface area (Å²) in [7, 11) is 0. The van der Waals surface area contributed by atoms with Gasteiger partial charge in [-0.2, -0.15) is 87.8 Å². The van der Waals surface area contributed by atoms with E-state index in [-0.39, 0.29) is 60.1 Å². The van der Waals surface area contributed by atoms with E-state index in [2.05, 4.69) is 47.4 Å². The van der Waals surface area contributed by atoms with E-state index in [0.29, 0.717) is 65.2 Å². The number of hydrogen-bond donors (Lipinski definition) is 0. The van der Waals surface area contributed by atoms with Crippen LogP contribution in [0.5, 0.6) is 0 Å². The fraction of sp³-hybridized carbons (Fsp3) is 0.826. The molecule has 0 bridgehead atoms. The van der Waals surface area contributed by atoms with Crippen molar-refractivity contribution in [3.63, 3.8) is 0 Å². The molecule has 150 heavy (non-hydrogen) atoms. The molecule has 884 valence electrons. The lowest BCUT2D eigenvalue weighted by Gasteiger charge is -2.21. The van der Waals surface area contributed by atoms with Crippen LogP contribution < -0.4 is 0 Å². The number of halogens is 26.